The Kier molecular flexibility index (Phi) is 2.67. The van der Waals surface area contributed by atoms with Gasteiger partial charge in [-0.1, -0.05) is 0 Å². The Morgan fingerprint density at radius 1 is 1.29 bits per heavy atom. The molecule has 1 heterocycles. The van der Waals surface area contributed by atoms with Crippen LogP contribution in [0, 0.1) is 13.8 Å². The van der Waals surface area contributed by atoms with E-state index in [4.69, 9.17) is 4.74 Å². The zero-order chi connectivity index (χ0) is 12.6. The molecule has 0 bridgehead atoms. The Labute approximate surface area is 98.9 Å². The molecule has 0 unspecified atom stereocenters. The van der Waals surface area contributed by atoms with Crippen LogP contribution in [0.2, 0.25) is 0 Å². The first kappa shape index (κ1) is 11.3. The van der Waals surface area contributed by atoms with Gasteiger partial charge in [-0.25, -0.2) is 4.98 Å². The minimum absolute atomic E-state index is 0.0562. The highest BCUT2D eigenvalue weighted by atomic mass is 16.5. The van der Waals surface area contributed by atoms with Gasteiger partial charge in [0.1, 0.15) is 0 Å². The van der Waals surface area contributed by atoms with Crippen molar-refractivity contribution in [3.63, 3.8) is 0 Å². The van der Waals surface area contributed by atoms with Gasteiger partial charge in [0, 0.05) is 5.56 Å². The molecule has 1 aromatic heterocycles. The number of ether oxygens (including phenoxy) is 1. The van der Waals surface area contributed by atoms with Crippen molar-refractivity contribution in [1.29, 1.82) is 0 Å². The van der Waals surface area contributed by atoms with E-state index in [0.717, 1.165) is 10.4 Å². The van der Waals surface area contributed by atoms with Gasteiger partial charge in [-0.3, -0.25) is 0 Å². The molecule has 0 saturated heterocycles. The number of hydrogen-bond donors (Lipinski definition) is 2. The molecule has 0 atom stereocenters. The van der Waals surface area contributed by atoms with Crippen molar-refractivity contribution in [2.24, 2.45) is 0 Å². The highest BCUT2D eigenvalue weighted by Crippen LogP contribution is 2.31. The number of aromatic hydroxyl groups is 1. The van der Waals surface area contributed by atoms with Crippen molar-refractivity contribution in [3.05, 3.63) is 29.6 Å². The predicted octanol–water partition coefficient (Wildman–Crippen LogP) is 2.12. The fourth-order valence-corrected chi connectivity index (χ4v) is 1.60. The van der Waals surface area contributed by atoms with Crippen LogP contribution < -0.4 is 4.74 Å². The van der Waals surface area contributed by atoms with Gasteiger partial charge in [-0.05, 0) is 32.0 Å². The quantitative estimate of drug-likeness (QED) is 0.781. The fourth-order valence-electron chi connectivity index (χ4n) is 1.60. The lowest BCUT2D eigenvalue weighted by Crippen LogP contribution is -1.96. The fraction of sp³-hybridized carbons (Fsp3) is 0.250. The molecule has 0 amide bonds. The molecule has 0 aliphatic carbocycles. The third-order valence-corrected chi connectivity index (χ3v) is 2.75. The molecular weight excluding hydrogens is 220 g/mol. The SMILES string of the molecule is COc1cc(-c2nc(C)c(C)n2O)ccc1O. The Morgan fingerprint density at radius 2 is 2.00 bits per heavy atom. The molecule has 0 saturated carbocycles. The maximum absolute atomic E-state index is 9.86. The zero-order valence-corrected chi connectivity index (χ0v) is 9.93. The average molecular weight is 234 g/mol. The van der Waals surface area contributed by atoms with E-state index >= 15 is 0 Å². The van der Waals surface area contributed by atoms with E-state index in [9.17, 15) is 10.3 Å². The highest BCUT2D eigenvalue weighted by Gasteiger charge is 2.13. The van der Waals surface area contributed by atoms with Gasteiger partial charge < -0.3 is 15.1 Å². The van der Waals surface area contributed by atoms with Crippen LogP contribution in [-0.2, 0) is 0 Å². The summed E-state index contributed by atoms with van der Waals surface area (Å²) in [6.07, 6.45) is 0. The number of phenols is 1. The van der Waals surface area contributed by atoms with Gasteiger partial charge >= 0.3 is 0 Å². The molecule has 2 N–H and O–H groups in total. The monoisotopic (exact) mass is 234 g/mol. The molecule has 0 aliphatic rings. The number of methoxy groups -OCH3 is 1. The van der Waals surface area contributed by atoms with Crippen LogP contribution in [0.4, 0.5) is 0 Å². The van der Waals surface area contributed by atoms with Crippen molar-refractivity contribution in [3.8, 4) is 22.9 Å². The Morgan fingerprint density at radius 3 is 2.53 bits per heavy atom. The predicted molar refractivity (Wildman–Crippen MR) is 62.5 cm³/mol. The second-order valence-electron chi connectivity index (χ2n) is 3.80. The van der Waals surface area contributed by atoms with Crippen LogP contribution in [0.5, 0.6) is 11.5 Å². The number of rotatable bonds is 2. The van der Waals surface area contributed by atoms with Crippen LogP contribution in [0.1, 0.15) is 11.4 Å². The molecule has 2 rings (SSSR count). The largest absolute Gasteiger partial charge is 0.504 e. The van der Waals surface area contributed by atoms with Crippen LogP contribution in [-0.4, -0.2) is 27.1 Å². The Bertz CT molecular complexity index is 561. The van der Waals surface area contributed by atoms with Gasteiger partial charge in [-0.15, -0.1) is 0 Å². The third kappa shape index (κ3) is 1.80. The van der Waals surface area contributed by atoms with Gasteiger partial charge in [0.2, 0.25) is 0 Å². The lowest BCUT2D eigenvalue weighted by molar-refractivity contribution is 0.184. The van der Waals surface area contributed by atoms with Crippen LogP contribution in [0.15, 0.2) is 18.2 Å². The standard InChI is InChI=1S/C12H14N2O3/c1-7-8(2)14(16)12(13-7)9-4-5-10(15)11(6-9)17-3/h4-6,15-16H,1-3H3. The number of nitrogens with zero attached hydrogens (tertiary/aromatic N) is 2. The molecule has 5 heteroatoms. The van der Waals surface area contributed by atoms with E-state index in [-0.39, 0.29) is 5.75 Å². The van der Waals surface area contributed by atoms with E-state index in [0.29, 0.717) is 22.8 Å². The minimum Gasteiger partial charge on any atom is -0.504 e. The number of imidazole rings is 1. The molecular formula is C12H14N2O3. The van der Waals surface area contributed by atoms with E-state index in [1.54, 1.807) is 19.1 Å². The number of aryl methyl sites for hydroxylation is 1. The molecule has 0 radical (unpaired) electrons. The summed E-state index contributed by atoms with van der Waals surface area (Å²) < 4.78 is 6.04. The number of aromatic nitrogens is 2. The second kappa shape index (κ2) is 4.01. The maximum atomic E-state index is 9.86. The second-order valence-corrected chi connectivity index (χ2v) is 3.80. The molecule has 2 aromatic rings. The van der Waals surface area contributed by atoms with Crippen molar-refractivity contribution in [2.75, 3.05) is 7.11 Å². The van der Waals surface area contributed by atoms with E-state index in [1.165, 1.54) is 13.2 Å². The van der Waals surface area contributed by atoms with E-state index in [1.807, 2.05) is 6.92 Å². The molecule has 90 valence electrons. The van der Waals surface area contributed by atoms with Gasteiger partial charge in [0.25, 0.3) is 0 Å². The first-order valence-corrected chi connectivity index (χ1v) is 5.17. The van der Waals surface area contributed by atoms with Crippen LogP contribution in [0.25, 0.3) is 11.4 Å². The lowest BCUT2D eigenvalue weighted by Gasteiger charge is -2.06. The van der Waals surface area contributed by atoms with Crippen molar-refractivity contribution < 1.29 is 15.1 Å². The summed E-state index contributed by atoms with van der Waals surface area (Å²) in [5.41, 5.74) is 2.12. The summed E-state index contributed by atoms with van der Waals surface area (Å²) in [6, 6.07) is 4.81. The molecule has 5 nitrogen and oxygen atoms in total. The first-order chi connectivity index (χ1) is 8.04. The van der Waals surface area contributed by atoms with Gasteiger partial charge in [0.05, 0.1) is 18.5 Å². The zero-order valence-electron chi connectivity index (χ0n) is 9.93. The van der Waals surface area contributed by atoms with Crippen molar-refractivity contribution >= 4 is 0 Å². The molecule has 0 spiro atoms. The van der Waals surface area contributed by atoms with Crippen molar-refractivity contribution in [2.45, 2.75) is 13.8 Å². The average Bonchev–Trinajstić information content (AvgIpc) is 2.58. The minimum atomic E-state index is 0.0562. The molecule has 0 fully saturated rings. The summed E-state index contributed by atoms with van der Waals surface area (Å²) >= 11 is 0. The maximum Gasteiger partial charge on any atom is 0.175 e. The number of benzene rings is 1. The molecule has 1 aromatic carbocycles. The van der Waals surface area contributed by atoms with Crippen LogP contribution >= 0.6 is 0 Å². The highest BCUT2D eigenvalue weighted by molar-refractivity contribution is 5.61. The van der Waals surface area contributed by atoms with E-state index in [2.05, 4.69) is 4.98 Å². The summed E-state index contributed by atoms with van der Waals surface area (Å²) in [4.78, 5) is 4.26. The van der Waals surface area contributed by atoms with Crippen LogP contribution in [0.3, 0.4) is 0 Å². The first-order valence-electron chi connectivity index (χ1n) is 5.17. The lowest BCUT2D eigenvalue weighted by atomic mass is 10.2. The van der Waals surface area contributed by atoms with Gasteiger partial charge in [-0.2, -0.15) is 4.73 Å². The smallest absolute Gasteiger partial charge is 0.175 e. The normalized spacial score (nSPS) is 10.5. The summed E-state index contributed by atoms with van der Waals surface area (Å²) in [5.74, 6) is 0.833. The topological polar surface area (TPSA) is 67.5 Å². The summed E-state index contributed by atoms with van der Waals surface area (Å²) in [6.45, 7) is 3.60. The molecule has 17 heavy (non-hydrogen) atoms. The summed E-state index contributed by atoms with van der Waals surface area (Å²) in [7, 11) is 1.47. The van der Waals surface area contributed by atoms with E-state index < -0.39 is 0 Å². The van der Waals surface area contributed by atoms with Crippen molar-refractivity contribution in [1.82, 2.24) is 9.71 Å². The summed E-state index contributed by atoms with van der Waals surface area (Å²) in [5, 5.41) is 19.4. The number of hydrogen-bond acceptors (Lipinski definition) is 4. The molecule has 0 aliphatic heterocycles. The Hall–Kier alpha value is -2.17. The third-order valence-electron chi connectivity index (χ3n) is 2.75. The Balaban J connectivity index is 2.57. The van der Waals surface area contributed by atoms with Gasteiger partial charge in [0.15, 0.2) is 17.3 Å². The number of phenolic OH excluding ortho intramolecular Hbond substituents is 1.